The van der Waals surface area contributed by atoms with E-state index in [0.717, 1.165) is 33.4 Å². The molecule has 3 aromatic rings. The van der Waals surface area contributed by atoms with Gasteiger partial charge in [-0.1, -0.05) is 66.2 Å². The van der Waals surface area contributed by atoms with Gasteiger partial charge in [-0.2, -0.15) is 0 Å². The molecule has 0 amide bonds. The zero-order chi connectivity index (χ0) is 26.9. The highest BCUT2D eigenvalue weighted by Gasteiger charge is 2.15. The molecule has 8 nitrogen and oxygen atoms in total. The van der Waals surface area contributed by atoms with Gasteiger partial charge < -0.3 is 25.8 Å². The van der Waals surface area contributed by atoms with Crippen molar-refractivity contribution in [1.29, 1.82) is 0 Å². The van der Waals surface area contributed by atoms with Crippen molar-refractivity contribution >= 4 is 35.7 Å². The van der Waals surface area contributed by atoms with Gasteiger partial charge >= 0.3 is 11.9 Å². The van der Waals surface area contributed by atoms with Crippen molar-refractivity contribution in [3.63, 3.8) is 0 Å². The Morgan fingerprint density at radius 3 is 2.35 bits per heavy atom. The van der Waals surface area contributed by atoms with Crippen LogP contribution in [-0.2, 0) is 16.1 Å². The highest BCUT2D eigenvalue weighted by atomic mass is 35.5. The van der Waals surface area contributed by atoms with Gasteiger partial charge in [0.15, 0.2) is 0 Å². The van der Waals surface area contributed by atoms with Gasteiger partial charge in [-0.05, 0) is 58.5 Å². The summed E-state index contributed by atoms with van der Waals surface area (Å²) < 4.78 is 5.45. The third-order valence-corrected chi connectivity index (χ3v) is 6.16. The van der Waals surface area contributed by atoms with Crippen LogP contribution in [0.4, 0.5) is 0 Å². The number of aliphatic hydroxyl groups is 1. The Hall–Kier alpha value is -3.69. The molecule has 0 aliphatic heterocycles. The fraction of sp³-hybridized carbons (Fsp3) is 0.214. The molecule has 37 heavy (non-hydrogen) atoms. The van der Waals surface area contributed by atoms with E-state index >= 15 is 0 Å². The van der Waals surface area contributed by atoms with E-state index < -0.39 is 30.6 Å². The summed E-state index contributed by atoms with van der Waals surface area (Å²) in [6.45, 7) is 1.68. The van der Waals surface area contributed by atoms with Crippen LogP contribution in [0.3, 0.4) is 0 Å². The molecule has 0 bridgehead atoms. The van der Waals surface area contributed by atoms with E-state index in [1.807, 2.05) is 61.5 Å². The van der Waals surface area contributed by atoms with E-state index in [0.29, 0.717) is 10.8 Å². The molecule has 0 saturated carbocycles. The molecule has 0 spiro atoms. The van der Waals surface area contributed by atoms with E-state index in [1.165, 1.54) is 0 Å². The highest BCUT2D eigenvalue weighted by Crippen LogP contribution is 2.29. The zero-order valence-corrected chi connectivity index (χ0v) is 21.0. The first-order chi connectivity index (χ1) is 17.7. The number of ether oxygens (including phenoxy) is 1. The summed E-state index contributed by atoms with van der Waals surface area (Å²) in [6.07, 6.45) is 3.90. The normalized spacial score (nSPS) is 12.9. The fourth-order valence-electron chi connectivity index (χ4n) is 3.60. The number of rotatable bonds is 12. The second-order valence-corrected chi connectivity index (χ2v) is 8.85. The number of nitrogens with two attached hydrogens (primary N) is 1. The molecule has 0 aliphatic carbocycles. The van der Waals surface area contributed by atoms with Gasteiger partial charge in [0, 0.05) is 11.6 Å². The predicted octanol–water partition coefficient (Wildman–Crippen LogP) is 3.81. The highest BCUT2D eigenvalue weighted by molar-refractivity contribution is 6.32. The molecule has 0 aliphatic rings. The SMILES string of the molecule is Cc1c(/C=C/c2ccc(CN[C@H](CO)C(=O)O)cc2Cl)cccc1-c1ccc(OC[C@@H](N)C(=O)O)cc1. The van der Waals surface area contributed by atoms with Gasteiger partial charge in [-0.15, -0.1) is 0 Å². The van der Waals surface area contributed by atoms with E-state index in [-0.39, 0.29) is 13.2 Å². The summed E-state index contributed by atoms with van der Waals surface area (Å²) in [4.78, 5) is 21.9. The van der Waals surface area contributed by atoms with Gasteiger partial charge in [-0.3, -0.25) is 14.9 Å². The molecule has 0 unspecified atom stereocenters. The van der Waals surface area contributed by atoms with Crippen molar-refractivity contribution in [2.75, 3.05) is 13.2 Å². The number of carboxylic acid groups (broad SMARTS) is 2. The number of hydrogen-bond donors (Lipinski definition) is 5. The lowest BCUT2D eigenvalue weighted by Crippen LogP contribution is -2.39. The van der Waals surface area contributed by atoms with Crippen LogP contribution in [0.1, 0.15) is 22.3 Å². The monoisotopic (exact) mass is 524 g/mol. The largest absolute Gasteiger partial charge is 0.491 e. The first-order valence-corrected chi connectivity index (χ1v) is 11.9. The lowest BCUT2D eigenvalue weighted by Gasteiger charge is -2.12. The third kappa shape index (κ3) is 7.65. The molecule has 9 heteroatoms. The number of benzene rings is 3. The van der Waals surface area contributed by atoms with Crippen molar-refractivity contribution in [1.82, 2.24) is 5.32 Å². The Morgan fingerprint density at radius 2 is 1.73 bits per heavy atom. The fourth-order valence-corrected chi connectivity index (χ4v) is 3.87. The summed E-state index contributed by atoms with van der Waals surface area (Å²) in [5.41, 5.74) is 11.2. The predicted molar refractivity (Wildman–Crippen MR) is 143 cm³/mol. The number of carbonyl (C=O) groups is 2. The molecule has 0 heterocycles. The van der Waals surface area contributed by atoms with Crippen LogP contribution in [0.15, 0.2) is 60.7 Å². The standard InChI is InChI=1S/C28H29ClN2O6/c1-17-19(7-8-21-6-5-18(13-24(21)29)14-31-26(15-32)28(35)36)3-2-4-23(17)20-9-11-22(12-10-20)37-16-25(30)27(33)34/h2-13,25-26,31-32H,14-16,30H2,1H3,(H,33,34)(H,35,36)/b8-7+/t25-,26-/m1/s1. The molecule has 6 N–H and O–H groups in total. The first-order valence-electron chi connectivity index (χ1n) is 11.5. The average molecular weight is 525 g/mol. The summed E-state index contributed by atoms with van der Waals surface area (Å²) in [7, 11) is 0. The van der Waals surface area contributed by atoms with Gasteiger partial charge in [0.1, 0.15) is 24.4 Å². The minimum absolute atomic E-state index is 0.112. The lowest BCUT2D eigenvalue weighted by atomic mass is 9.96. The van der Waals surface area contributed by atoms with Crippen LogP contribution >= 0.6 is 11.6 Å². The minimum atomic E-state index is -1.12. The van der Waals surface area contributed by atoms with Gasteiger partial charge in [0.2, 0.25) is 0 Å². The van der Waals surface area contributed by atoms with Gasteiger partial charge in [0.05, 0.1) is 6.61 Å². The van der Waals surface area contributed by atoms with Crippen LogP contribution in [0.25, 0.3) is 23.3 Å². The van der Waals surface area contributed by atoms with E-state index in [1.54, 1.807) is 18.2 Å². The summed E-state index contributed by atoms with van der Waals surface area (Å²) >= 11 is 6.45. The number of halogens is 1. The maximum atomic E-state index is 11.0. The van der Waals surface area contributed by atoms with Crippen LogP contribution in [0, 0.1) is 6.92 Å². The molecule has 3 aromatic carbocycles. The van der Waals surface area contributed by atoms with Crippen LogP contribution in [0.5, 0.6) is 5.75 Å². The number of hydrogen-bond acceptors (Lipinski definition) is 6. The Labute approximate surface area is 220 Å². The Balaban J connectivity index is 1.71. The Morgan fingerprint density at radius 1 is 1.03 bits per heavy atom. The van der Waals surface area contributed by atoms with Crippen molar-refractivity contribution in [3.05, 3.63) is 87.9 Å². The zero-order valence-electron chi connectivity index (χ0n) is 20.2. The Bertz CT molecular complexity index is 1280. The molecule has 0 saturated heterocycles. The summed E-state index contributed by atoms with van der Waals surface area (Å²) in [5, 5.41) is 30.3. The quantitative estimate of drug-likeness (QED) is 0.225. The molecule has 2 atom stereocenters. The van der Waals surface area contributed by atoms with E-state index in [2.05, 4.69) is 5.32 Å². The molecule has 194 valence electrons. The number of nitrogens with one attached hydrogen (secondary N) is 1. The van der Waals surface area contributed by atoms with Gasteiger partial charge in [0.25, 0.3) is 0 Å². The third-order valence-electron chi connectivity index (χ3n) is 5.83. The topological polar surface area (TPSA) is 142 Å². The van der Waals surface area contributed by atoms with Crippen molar-refractivity contribution in [3.8, 4) is 16.9 Å². The molecule has 3 rings (SSSR count). The molecule has 0 fully saturated rings. The Kier molecular flexibility index (Phi) is 9.82. The molecule has 0 radical (unpaired) electrons. The molecular weight excluding hydrogens is 496 g/mol. The van der Waals surface area contributed by atoms with Gasteiger partial charge in [-0.25, -0.2) is 0 Å². The van der Waals surface area contributed by atoms with Crippen molar-refractivity contribution in [2.24, 2.45) is 5.73 Å². The summed E-state index contributed by atoms with van der Waals surface area (Å²) in [5.74, 6) is -1.69. The molecular formula is C28H29ClN2O6. The van der Waals surface area contributed by atoms with E-state index in [9.17, 15) is 9.59 Å². The van der Waals surface area contributed by atoms with Crippen LogP contribution < -0.4 is 15.8 Å². The van der Waals surface area contributed by atoms with Crippen molar-refractivity contribution < 1.29 is 29.6 Å². The minimum Gasteiger partial charge on any atom is -0.491 e. The lowest BCUT2D eigenvalue weighted by molar-refractivity contribution is -0.141. The maximum Gasteiger partial charge on any atom is 0.324 e. The van der Waals surface area contributed by atoms with E-state index in [4.69, 9.17) is 37.4 Å². The molecule has 0 aromatic heterocycles. The number of aliphatic carboxylic acids is 2. The second kappa shape index (κ2) is 13.0. The smallest absolute Gasteiger partial charge is 0.324 e. The number of carboxylic acids is 2. The second-order valence-electron chi connectivity index (χ2n) is 8.44. The first kappa shape index (κ1) is 27.9. The maximum absolute atomic E-state index is 11.0. The van der Waals surface area contributed by atoms with Crippen molar-refractivity contribution in [2.45, 2.75) is 25.6 Å². The van der Waals surface area contributed by atoms with Crippen LogP contribution in [0.2, 0.25) is 5.02 Å². The average Bonchev–Trinajstić information content (AvgIpc) is 2.88. The number of aliphatic hydroxyl groups excluding tert-OH is 1. The summed E-state index contributed by atoms with van der Waals surface area (Å²) in [6, 6.07) is 16.7. The van der Waals surface area contributed by atoms with Crippen LogP contribution in [-0.4, -0.2) is 52.6 Å².